The Morgan fingerprint density at radius 3 is 2.67 bits per heavy atom. The fourth-order valence-corrected chi connectivity index (χ4v) is 1.65. The Bertz CT molecular complexity index is 558. The predicted molar refractivity (Wildman–Crippen MR) is 82.6 cm³/mol. The lowest BCUT2D eigenvalue weighted by Gasteiger charge is -2.07. The van der Waals surface area contributed by atoms with Gasteiger partial charge in [0.25, 0.3) is 5.91 Å². The summed E-state index contributed by atoms with van der Waals surface area (Å²) in [6, 6.07) is 5.28. The molecule has 0 radical (unpaired) electrons. The Kier molecular flexibility index (Phi) is 6.84. The van der Waals surface area contributed by atoms with Crippen molar-refractivity contribution in [1.82, 2.24) is 5.43 Å². The van der Waals surface area contributed by atoms with Crippen LogP contribution in [0.25, 0.3) is 0 Å². The maximum atomic E-state index is 11.8. The fourth-order valence-electron chi connectivity index (χ4n) is 1.47. The summed E-state index contributed by atoms with van der Waals surface area (Å²) >= 11 is 5.98. The van der Waals surface area contributed by atoms with Crippen molar-refractivity contribution in [2.75, 3.05) is 19.0 Å². The van der Waals surface area contributed by atoms with Gasteiger partial charge in [-0.25, -0.2) is 5.43 Å². The molecule has 0 unspecified atom stereocenters. The van der Waals surface area contributed by atoms with Crippen LogP contribution in [0.5, 0.6) is 0 Å². The number of hydrogen-bond acceptors (Lipinski definition) is 4. The highest BCUT2D eigenvalue weighted by molar-refractivity contribution is 6.31. The predicted octanol–water partition coefficient (Wildman–Crippen LogP) is 2.12. The molecular weight excluding hydrogens is 294 g/mol. The average Bonchev–Trinajstić information content (AvgIpc) is 2.41. The van der Waals surface area contributed by atoms with E-state index in [2.05, 4.69) is 20.6 Å². The summed E-state index contributed by atoms with van der Waals surface area (Å²) in [6.45, 7) is 3.45. The van der Waals surface area contributed by atoms with Gasteiger partial charge < -0.3 is 10.1 Å². The van der Waals surface area contributed by atoms with Crippen LogP contribution in [0, 0.1) is 6.92 Å². The number of nitrogens with zero attached hydrogens (tertiary/aromatic N) is 1. The molecule has 2 N–H and O–H groups in total. The maximum absolute atomic E-state index is 11.8. The normalized spacial score (nSPS) is 11.1. The minimum atomic E-state index is -0.373. The van der Waals surface area contributed by atoms with Gasteiger partial charge in [-0.1, -0.05) is 17.7 Å². The van der Waals surface area contributed by atoms with Crippen LogP contribution < -0.4 is 10.7 Å². The minimum absolute atomic E-state index is 0.0682. The number of hydrogen-bond donors (Lipinski definition) is 2. The molecule has 7 heteroatoms. The van der Waals surface area contributed by atoms with Crippen LogP contribution in [0.3, 0.4) is 0 Å². The van der Waals surface area contributed by atoms with E-state index in [1.54, 1.807) is 19.1 Å². The summed E-state index contributed by atoms with van der Waals surface area (Å²) in [6.07, 6.45) is 0.0682. The molecule has 0 heterocycles. The summed E-state index contributed by atoms with van der Waals surface area (Å²) in [5.74, 6) is -0.611. The Hall–Kier alpha value is -1.92. The van der Waals surface area contributed by atoms with Crippen molar-refractivity contribution in [2.24, 2.45) is 5.10 Å². The molecule has 0 bridgehead atoms. The number of hydrazone groups is 1. The zero-order valence-corrected chi connectivity index (χ0v) is 13.0. The van der Waals surface area contributed by atoms with E-state index in [-0.39, 0.29) is 24.8 Å². The molecule has 0 aliphatic carbocycles. The molecule has 1 aromatic carbocycles. The van der Waals surface area contributed by atoms with Gasteiger partial charge in [0.05, 0.1) is 6.42 Å². The van der Waals surface area contributed by atoms with Crippen molar-refractivity contribution >= 4 is 34.8 Å². The Morgan fingerprint density at radius 1 is 1.33 bits per heavy atom. The van der Waals surface area contributed by atoms with Crippen molar-refractivity contribution in [1.29, 1.82) is 0 Å². The van der Waals surface area contributed by atoms with Crippen LogP contribution in [0.15, 0.2) is 23.3 Å². The zero-order chi connectivity index (χ0) is 15.8. The van der Waals surface area contributed by atoms with Crippen LogP contribution >= 0.6 is 11.6 Å². The van der Waals surface area contributed by atoms with Gasteiger partial charge in [-0.3, -0.25) is 9.59 Å². The summed E-state index contributed by atoms with van der Waals surface area (Å²) < 4.78 is 4.64. The first-order valence-electron chi connectivity index (χ1n) is 6.29. The fraction of sp³-hybridized carbons (Fsp3) is 0.357. The molecule has 0 aliphatic heterocycles. The van der Waals surface area contributed by atoms with Crippen molar-refractivity contribution in [3.8, 4) is 0 Å². The Balaban J connectivity index is 2.50. The smallest absolute Gasteiger partial charge is 0.266 e. The molecule has 0 saturated heterocycles. The number of benzene rings is 1. The molecular formula is C14H18ClN3O3. The summed E-state index contributed by atoms with van der Waals surface area (Å²) in [5.41, 5.74) is 4.33. The highest BCUT2D eigenvalue weighted by atomic mass is 35.5. The number of ether oxygens (including phenoxy) is 1. The van der Waals surface area contributed by atoms with Crippen LogP contribution in [-0.2, 0) is 14.3 Å². The molecule has 21 heavy (non-hydrogen) atoms. The van der Waals surface area contributed by atoms with Gasteiger partial charge in [-0.05, 0) is 31.5 Å². The van der Waals surface area contributed by atoms with Crippen LogP contribution in [0.4, 0.5) is 5.69 Å². The SMILES string of the molecule is COCC(=O)NN=C(C)CC(=O)Nc1ccc(C)c(Cl)c1. The molecule has 2 amide bonds. The van der Waals surface area contributed by atoms with E-state index in [0.29, 0.717) is 16.4 Å². The average molecular weight is 312 g/mol. The van der Waals surface area contributed by atoms with E-state index in [0.717, 1.165) is 5.56 Å². The standard InChI is InChI=1S/C14H18ClN3O3/c1-9-4-5-11(7-12(9)15)16-13(19)6-10(2)17-18-14(20)8-21-3/h4-5,7H,6,8H2,1-3H3,(H,16,19)(H,18,20). The number of rotatable bonds is 6. The van der Waals surface area contributed by atoms with E-state index < -0.39 is 0 Å². The molecule has 0 saturated carbocycles. The van der Waals surface area contributed by atoms with Gasteiger partial charge >= 0.3 is 0 Å². The third-order valence-electron chi connectivity index (χ3n) is 2.52. The van der Waals surface area contributed by atoms with Gasteiger partial charge in [0.1, 0.15) is 6.61 Å². The van der Waals surface area contributed by atoms with Crippen molar-refractivity contribution in [3.63, 3.8) is 0 Å². The number of amides is 2. The lowest BCUT2D eigenvalue weighted by Crippen LogP contribution is -2.24. The van der Waals surface area contributed by atoms with Crippen LogP contribution in [-0.4, -0.2) is 31.2 Å². The summed E-state index contributed by atoms with van der Waals surface area (Å²) in [5, 5.41) is 7.11. The number of aryl methyl sites for hydroxylation is 1. The first-order valence-corrected chi connectivity index (χ1v) is 6.67. The largest absolute Gasteiger partial charge is 0.375 e. The quantitative estimate of drug-likeness (QED) is 0.624. The molecule has 114 valence electrons. The third kappa shape index (κ3) is 6.37. The molecule has 1 aromatic rings. The highest BCUT2D eigenvalue weighted by Gasteiger charge is 2.06. The topological polar surface area (TPSA) is 79.8 Å². The lowest BCUT2D eigenvalue weighted by molar-refractivity contribution is -0.124. The van der Waals surface area contributed by atoms with Crippen molar-refractivity contribution in [3.05, 3.63) is 28.8 Å². The summed E-state index contributed by atoms with van der Waals surface area (Å²) in [4.78, 5) is 23.0. The van der Waals surface area contributed by atoms with Crippen LogP contribution in [0.1, 0.15) is 18.9 Å². The molecule has 0 fully saturated rings. The second kappa shape index (κ2) is 8.39. The van der Waals surface area contributed by atoms with E-state index in [1.807, 2.05) is 13.0 Å². The Morgan fingerprint density at radius 2 is 2.05 bits per heavy atom. The lowest BCUT2D eigenvalue weighted by atomic mass is 10.2. The number of methoxy groups -OCH3 is 1. The number of carbonyl (C=O) groups excluding carboxylic acids is 2. The van der Waals surface area contributed by atoms with E-state index in [9.17, 15) is 9.59 Å². The summed E-state index contributed by atoms with van der Waals surface area (Å²) in [7, 11) is 1.41. The molecule has 0 atom stereocenters. The van der Waals surface area contributed by atoms with E-state index in [1.165, 1.54) is 7.11 Å². The van der Waals surface area contributed by atoms with E-state index >= 15 is 0 Å². The van der Waals surface area contributed by atoms with Gasteiger partial charge in [-0.15, -0.1) is 0 Å². The second-order valence-electron chi connectivity index (χ2n) is 4.50. The molecule has 0 spiro atoms. The molecule has 6 nitrogen and oxygen atoms in total. The second-order valence-corrected chi connectivity index (χ2v) is 4.91. The third-order valence-corrected chi connectivity index (χ3v) is 2.93. The number of anilines is 1. The van der Waals surface area contributed by atoms with Crippen molar-refractivity contribution in [2.45, 2.75) is 20.3 Å². The highest BCUT2D eigenvalue weighted by Crippen LogP contribution is 2.19. The zero-order valence-electron chi connectivity index (χ0n) is 12.2. The molecule has 0 aromatic heterocycles. The molecule has 1 rings (SSSR count). The number of nitrogens with one attached hydrogen (secondary N) is 2. The minimum Gasteiger partial charge on any atom is -0.375 e. The Labute approximate surface area is 128 Å². The van der Waals surface area contributed by atoms with Crippen LogP contribution in [0.2, 0.25) is 5.02 Å². The molecule has 0 aliphatic rings. The van der Waals surface area contributed by atoms with Gasteiger partial charge in [-0.2, -0.15) is 5.10 Å². The van der Waals surface area contributed by atoms with Gasteiger partial charge in [0, 0.05) is 23.5 Å². The maximum Gasteiger partial charge on any atom is 0.266 e. The monoisotopic (exact) mass is 311 g/mol. The van der Waals surface area contributed by atoms with Gasteiger partial charge in [0.15, 0.2) is 0 Å². The number of carbonyl (C=O) groups is 2. The van der Waals surface area contributed by atoms with Crippen molar-refractivity contribution < 1.29 is 14.3 Å². The number of halogens is 1. The van der Waals surface area contributed by atoms with E-state index in [4.69, 9.17) is 11.6 Å². The van der Waals surface area contributed by atoms with Gasteiger partial charge in [0.2, 0.25) is 5.91 Å². The first-order chi connectivity index (χ1) is 9.92. The first kappa shape index (κ1) is 17.1.